The molecule has 0 spiro atoms. The molecule has 5 rings (SSSR count). The first-order valence-corrected chi connectivity index (χ1v) is 10.2. The molecule has 3 aromatic carbocycles. The highest BCUT2D eigenvalue weighted by molar-refractivity contribution is 5.91. The highest BCUT2D eigenvalue weighted by Gasteiger charge is 2.44. The smallest absolute Gasteiger partial charge is 0.334 e. The van der Waals surface area contributed by atoms with Gasteiger partial charge in [-0.25, -0.2) is 4.79 Å². The predicted molar refractivity (Wildman–Crippen MR) is 114 cm³/mol. The van der Waals surface area contributed by atoms with E-state index in [4.69, 9.17) is 9.47 Å². The minimum Gasteiger partial charge on any atom is -0.489 e. The molecule has 0 unspecified atom stereocenters. The summed E-state index contributed by atoms with van der Waals surface area (Å²) in [6.45, 7) is 8.66. The average molecular weight is 384 g/mol. The minimum absolute atomic E-state index is 0.0846. The summed E-state index contributed by atoms with van der Waals surface area (Å²) >= 11 is 0. The maximum Gasteiger partial charge on any atom is 0.334 e. The Morgan fingerprint density at radius 1 is 1.14 bits per heavy atom. The molecule has 0 N–H and O–H groups in total. The fourth-order valence-electron chi connectivity index (χ4n) is 4.90. The van der Waals surface area contributed by atoms with E-state index in [1.807, 2.05) is 0 Å². The first kappa shape index (κ1) is 18.0. The standard InChI is InChI=1S/C26H24O3/c1-15-13-23(28-14-19-9-6-8-18-7-4-5-10-22(18)19)17(3)24-20(15)11-12-21-16(2)26(27)29-25(21)24/h4-10,13,21,25H,2,11-12,14H2,1,3H3/t21-,25+/m0/s1. The van der Waals surface area contributed by atoms with Crippen molar-refractivity contribution in [1.82, 2.24) is 0 Å². The zero-order chi connectivity index (χ0) is 20.1. The van der Waals surface area contributed by atoms with E-state index in [0.717, 1.165) is 35.3 Å². The van der Waals surface area contributed by atoms with Crippen molar-refractivity contribution in [3.05, 3.63) is 88.5 Å². The van der Waals surface area contributed by atoms with Gasteiger partial charge in [-0.05, 0) is 65.8 Å². The molecule has 0 bridgehead atoms. The number of rotatable bonds is 3. The first-order valence-electron chi connectivity index (χ1n) is 10.2. The molecule has 29 heavy (non-hydrogen) atoms. The molecule has 1 aliphatic carbocycles. The van der Waals surface area contributed by atoms with Crippen LogP contribution in [0, 0.1) is 19.8 Å². The molecule has 0 aromatic heterocycles. The summed E-state index contributed by atoms with van der Waals surface area (Å²) in [5.41, 5.74) is 6.47. The maximum absolute atomic E-state index is 12.1. The summed E-state index contributed by atoms with van der Waals surface area (Å²) in [7, 11) is 0. The number of aryl methyl sites for hydroxylation is 1. The van der Waals surface area contributed by atoms with Crippen LogP contribution in [0.5, 0.6) is 5.75 Å². The summed E-state index contributed by atoms with van der Waals surface area (Å²) in [4.78, 5) is 12.1. The Kier molecular flexibility index (Phi) is 4.20. The molecule has 2 aliphatic rings. The van der Waals surface area contributed by atoms with Crippen LogP contribution in [0.3, 0.4) is 0 Å². The van der Waals surface area contributed by atoms with Crippen molar-refractivity contribution in [3.8, 4) is 5.75 Å². The van der Waals surface area contributed by atoms with Gasteiger partial charge < -0.3 is 9.47 Å². The number of carbonyl (C=O) groups excluding carboxylic acids is 1. The van der Waals surface area contributed by atoms with E-state index in [1.54, 1.807) is 0 Å². The summed E-state index contributed by atoms with van der Waals surface area (Å²) in [5.74, 6) is 0.691. The minimum atomic E-state index is -0.257. The summed E-state index contributed by atoms with van der Waals surface area (Å²) in [6, 6.07) is 16.8. The molecule has 0 amide bonds. The van der Waals surface area contributed by atoms with Crippen molar-refractivity contribution in [2.24, 2.45) is 5.92 Å². The van der Waals surface area contributed by atoms with Crippen LogP contribution in [-0.2, 0) is 22.6 Å². The van der Waals surface area contributed by atoms with Gasteiger partial charge in [-0.3, -0.25) is 0 Å². The second kappa shape index (κ2) is 6.77. The van der Waals surface area contributed by atoms with E-state index < -0.39 is 0 Å². The lowest BCUT2D eigenvalue weighted by atomic mass is 9.76. The Labute approximate surface area is 171 Å². The molecule has 0 saturated carbocycles. The van der Waals surface area contributed by atoms with Gasteiger partial charge in [0.1, 0.15) is 18.5 Å². The van der Waals surface area contributed by atoms with Gasteiger partial charge in [-0.1, -0.05) is 49.0 Å². The first-order chi connectivity index (χ1) is 14.0. The van der Waals surface area contributed by atoms with Gasteiger partial charge in [0.2, 0.25) is 0 Å². The van der Waals surface area contributed by atoms with E-state index in [9.17, 15) is 4.79 Å². The third-order valence-electron chi connectivity index (χ3n) is 6.48. The van der Waals surface area contributed by atoms with Crippen LogP contribution in [0.4, 0.5) is 0 Å². The van der Waals surface area contributed by atoms with Crippen LogP contribution in [0.1, 0.15) is 40.3 Å². The second-order valence-electron chi connectivity index (χ2n) is 8.13. The Balaban J connectivity index is 1.51. The Morgan fingerprint density at radius 3 is 2.79 bits per heavy atom. The molecule has 3 heteroatoms. The van der Waals surface area contributed by atoms with E-state index in [1.165, 1.54) is 21.9 Å². The number of benzene rings is 3. The molecule has 1 aliphatic heterocycles. The topological polar surface area (TPSA) is 35.5 Å². The third kappa shape index (κ3) is 2.84. The Bertz CT molecular complexity index is 1150. The van der Waals surface area contributed by atoms with Crippen molar-refractivity contribution >= 4 is 16.7 Å². The molecular formula is C26H24O3. The van der Waals surface area contributed by atoms with Crippen molar-refractivity contribution in [3.63, 3.8) is 0 Å². The van der Waals surface area contributed by atoms with Crippen LogP contribution in [-0.4, -0.2) is 5.97 Å². The lowest BCUT2D eigenvalue weighted by molar-refractivity contribution is -0.139. The van der Waals surface area contributed by atoms with Crippen LogP contribution >= 0.6 is 0 Å². The van der Waals surface area contributed by atoms with Gasteiger partial charge in [-0.15, -0.1) is 0 Å². The van der Waals surface area contributed by atoms with Crippen LogP contribution in [0.25, 0.3) is 10.8 Å². The third-order valence-corrected chi connectivity index (χ3v) is 6.48. The molecule has 3 aromatic rings. The molecular weight excluding hydrogens is 360 g/mol. The molecule has 1 fully saturated rings. The van der Waals surface area contributed by atoms with Gasteiger partial charge in [-0.2, -0.15) is 0 Å². The highest BCUT2D eigenvalue weighted by atomic mass is 16.6. The number of ether oxygens (including phenoxy) is 2. The summed E-state index contributed by atoms with van der Waals surface area (Å²) in [6.07, 6.45) is 1.64. The van der Waals surface area contributed by atoms with Gasteiger partial charge in [0.05, 0.1) is 0 Å². The van der Waals surface area contributed by atoms with Crippen molar-refractivity contribution in [2.75, 3.05) is 0 Å². The second-order valence-corrected chi connectivity index (χ2v) is 8.13. The lowest BCUT2D eigenvalue weighted by Gasteiger charge is -2.30. The maximum atomic E-state index is 12.1. The van der Waals surface area contributed by atoms with Gasteiger partial charge in [0.25, 0.3) is 0 Å². The average Bonchev–Trinajstić information content (AvgIpc) is 3.03. The van der Waals surface area contributed by atoms with Crippen molar-refractivity contribution < 1.29 is 14.3 Å². The highest BCUT2D eigenvalue weighted by Crippen LogP contribution is 2.49. The SMILES string of the molecule is C=C1C(=O)O[C@H]2c3c(C)c(OCc4cccc5ccccc45)cc(C)c3CC[C@@H]12. The van der Waals surface area contributed by atoms with Crippen LogP contribution < -0.4 is 4.74 Å². The van der Waals surface area contributed by atoms with Gasteiger partial charge in [0.15, 0.2) is 0 Å². The molecule has 2 atom stereocenters. The number of esters is 1. The number of hydrogen-bond donors (Lipinski definition) is 0. The summed E-state index contributed by atoms with van der Waals surface area (Å²) < 4.78 is 12.0. The van der Waals surface area contributed by atoms with E-state index >= 15 is 0 Å². The Hall–Kier alpha value is -3.07. The van der Waals surface area contributed by atoms with Crippen LogP contribution in [0.2, 0.25) is 0 Å². The van der Waals surface area contributed by atoms with Crippen LogP contribution in [0.15, 0.2) is 60.7 Å². The van der Waals surface area contributed by atoms with Gasteiger partial charge >= 0.3 is 5.97 Å². The fourth-order valence-corrected chi connectivity index (χ4v) is 4.90. The molecule has 146 valence electrons. The molecule has 1 heterocycles. The fraction of sp³-hybridized carbons (Fsp3) is 0.269. The van der Waals surface area contributed by atoms with E-state index in [2.05, 4.69) is 69.0 Å². The normalized spacial score (nSPS) is 20.3. The number of fused-ring (bicyclic) bond motifs is 4. The molecule has 1 saturated heterocycles. The number of carbonyl (C=O) groups is 1. The quantitative estimate of drug-likeness (QED) is 0.426. The predicted octanol–water partition coefficient (Wildman–Crippen LogP) is 5.75. The lowest BCUT2D eigenvalue weighted by Crippen LogP contribution is -2.20. The van der Waals surface area contributed by atoms with E-state index in [0.29, 0.717) is 12.2 Å². The monoisotopic (exact) mass is 384 g/mol. The molecule has 0 radical (unpaired) electrons. The zero-order valence-electron chi connectivity index (χ0n) is 16.8. The zero-order valence-corrected chi connectivity index (χ0v) is 16.8. The van der Waals surface area contributed by atoms with Gasteiger partial charge in [0, 0.05) is 17.1 Å². The van der Waals surface area contributed by atoms with E-state index in [-0.39, 0.29) is 18.0 Å². The van der Waals surface area contributed by atoms with Crippen molar-refractivity contribution in [2.45, 2.75) is 39.4 Å². The van der Waals surface area contributed by atoms with Crippen molar-refractivity contribution in [1.29, 1.82) is 0 Å². The summed E-state index contributed by atoms with van der Waals surface area (Å²) in [5, 5.41) is 2.43. The number of hydrogen-bond acceptors (Lipinski definition) is 3. The Morgan fingerprint density at radius 2 is 1.93 bits per heavy atom. The largest absolute Gasteiger partial charge is 0.489 e. The molecule has 3 nitrogen and oxygen atoms in total.